The zero-order valence-corrected chi connectivity index (χ0v) is 17.4. The van der Waals surface area contributed by atoms with E-state index >= 15 is 0 Å². The number of sulfone groups is 1. The van der Waals surface area contributed by atoms with Crippen molar-refractivity contribution in [3.8, 4) is 5.69 Å². The van der Waals surface area contributed by atoms with Crippen LogP contribution in [0.1, 0.15) is 16.8 Å². The Morgan fingerprint density at radius 3 is 2.55 bits per heavy atom. The second-order valence-electron chi connectivity index (χ2n) is 7.06. The van der Waals surface area contributed by atoms with Crippen LogP contribution in [0.2, 0.25) is 5.15 Å². The number of carbonyl (C=O) groups is 1. The zero-order chi connectivity index (χ0) is 20.6. The lowest BCUT2D eigenvalue weighted by atomic mass is 10.2. The minimum absolute atomic E-state index is 0.247. The van der Waals surface area contributed by atoms with Crippen LogP contribution in [-0.2, 0) is 26.8 Å². The maximum Gasteiger partial charge on any atom is 0.242 e. The molecule has 2 heterocycles. The third kappa shape index (κ3) is 3.93. The molecule has 8 heteroatoms. The molecular weight excluding hydrogens is 410 g/mol. The zero-order valence-electron chi connectivity index (χ0n) is 15.9. The molecule has 0 atom stereocenters. The van der Waals surface area contributed by atoms with Gasteiger partial charge in [0.1, 0.15) is 10.9 Å². The smallest absolute Gasteiger partial charge is 0.242 e. The van der Waals surface area contributed by atoms with Crippen molar-refractivity contribution in [2.45, 2.75) is 19.1 Å². The molecule has 2 aromatic carbocycles. The molecule has 0 radical (unpaired) electrons. The minimum atomic E-state index is -3.72. The molecule has 3 aromatic rings. The summed E-state index contributed by atoms with van der Waals surface area (Å²) in [6.45, 7) is 2.22. The lowest BCUT2D eigenvalue weighted by Gasteiger charge is -2.17. The van der Waals surface area contributed by atoms with Crippen LogP contribution in [0.3, 0.4) is 0 Å². The molecule has 0 aliphatic carbocycles. The van der Waals surface area contributed by atoms with Gasteiger partial charge in [0.15, 0.2) is 9.84 Å². The Balaban J connectivity index is 1.54. The van der Waals surface area contributed by atoms with Crippen LogP contribution in [-0.4, -0.2) is 36.4 Å². The van der Waals surface area contributed by atoms with Crippen molar-refractivity contribution in [1.29, 1.82) is 0 Å². The predicted octanol–water partition coefficient (Wildman–Crippen LogP) is 3.34. The van der Waals surface area contributed by atoms with Crippen LogP contribution < -0.4 is 4.90 Å². The Labute approximate surface area is 174 Å². The fourth-order valence-corrected chi connectivity index (χ4v) is 5.41. The Kier molecular flexibility index (Phi) is 5.19. The quantitative estimate of drug-likeness (QED) is 0.623. The number of aryl methyl sites for hydroxylation is 1. The fraction of sp³-hybridized carbons (Fsp3) is 0.238. The number of nitrogens with zero attached hydrogens (tertiary/aromatic N) is 3. The van der Waals surface area contributed by atoms with Crippen LogP contribution in [0.4, 0.5) is 5.69 Å². The summed E-state index contributed by atoms with van der Waals surface area (Å²) in [6.07, 6.45) is 0.733. The lowest BCUT2D eigenvalue weighted by Crippen LogP contribution is -2.34. The average Bonchev–Trinajstić information content (AvgIpc) is 3.25. The van der Waals surface area contributed by atoms with E-state index in [-0.39, 0.29) is 10.9 Å². The van der Waals surface area contributed by atoms with Gasteiger partial charge in [0.2, 0.25) is 5.91 Å². The SMILES string of the molecule is Cc1nn(-c2ccccc2)c(Cl)c1CS(=O)(=O)CC(=O)N1CCc2ccccc21. The molecule has 29 heavy (non-hydrogen) atoms. The van der Waals surface area contributed by atoms with Gasteiger partial charge >= 0.3 is 0 Å². The number of para-hydroxylation sites is 2. The Bertz CT molecular complexity index is 1170. The van der Waals surface area contributed by atoms with Gasteiger partial charge in [0, 0.05) is 17.8 Å². The summed E-state index contributed by atoms with van der Waals surface area (Å²) >= 11 is 6.44. The van der Waals surface area contributed by atoms with Gasteiger partial charge in [0.25, 0.3) is 0 Å². The number of fused-ring (bicyclic) bond motifs is 1. The van der Waals surface area contributed by atoms with E-state index in [9.17, 15) is 13.2 Å². The number of anilines is 1. The van der Waals surface area contributed by atoms with Crippen molar-refractivity contribution in [3.05, 3.63) is 76.6 Å². The van der Waals surface area contributed by atoms with Gasteiger partial charge in [-0.3, -0.25) is 4.79 Å². The topological polar surface area (TPSA) is 72.3 Å². The van der Waals surface area contributed by atoms with Crippen molar-refractivity contribution >= 4 is 33.0 Å². The monoisotopic (exact) mass is 429 g/mol. The van der Waals surface area contributed by atoms with E-state index in [0.717, 1.165) is 23.4 Å². The molecule has 150 valence electrons. The van der Waals surface area contributed by atoms with E-state index in [0.29, 0.717) is 17.8 Å². The van der Waals surface area contributed by atoms with Gasteiger partial charge < -0.3 is 4.90 Å². The van der Waals surface area contributed by atoms with Crippen molar-refractivity contribution < 1.29 is 13.2 Å². The third-order valence-corrected chi connectivity index (χ3v) is 6.82. The number of hydrogen-bond donors (Lipinski definition) is 0. The summed E-state index contributed by atoms with van der Waals surface area (Å²) in [5, 5.41) is 4.62. The summed E-state index contributed by atoms with van der Waals surface area (Å²) in [4.78, 5) is 14.3. The second-order valence-corrected chi connectivity index (χ2v) is 9.48. The highest BCUT2D eigenvalue weighted by Crippen LogP contribution is 2.29. The van der Waals surface area contributed by atoms with Crippen molar-refractivity contribution in [2.24, 2.45) is 0 Å². The van der Waals surface area contributed by atoms with Gasteiger partial charge in [-0.1, -0.05) is 48.0 Å². The molecule has 1 aliphatic heterocycles. The molecular formula is C21H20ClN3O3S. The number of carbonyl (C=O) groups excluding carboxylic acids is 1. The number of amides is 1. The molecule has 1 amide bonds. The van der Waals surface area contributed by atoms with E-state index in [1.807, 2.05) is 54.6 Å². The van der Waals surface area contributed by atoms with Crippen LogP contribution in [0.5, 0.6) is 0 Å². The van der Waals surface area contributed by atoms with E-state index in [2.05, 4.69) is 5.10 Å². The molecule has 0 saturated carbocycles. The molecule has 4 rings (SSSR count). The molecule has 0 fully saturated rings. The van der Waals surface area contributed by atoms with Crippen LogP contribution in [0, 0.1) is 6.92 Å². The molecule has 0 N–H and O–H groups in total. The lowest BCUT2D eigenvalue weighted by molar-refractivity contribution is -0.116. The highest BCUT2D eigenvalue weighted by atomic mass is 35.5. The first-order chi connectivity index (χ1) is 13.9. The van der Waals surface area contributed by atoms with E-state index in [1.54, 1.807) is 11.8 Å². The minimum Gasteiger partial charge on any atom is -0.311 e. The van der Waals surface area contributed by atoms with Crippen molar-refractivity contribution in [1.82, 2.24) is 9.78 Å². The summed E-state index contributed by atoms with van der Waals surface area (Å²) in [7, 11) is -3.72. The normalized spacial score (nSPS) is 13.5. The Hall–Kier alpha value is -2.64. The summed E-state index contributed by atoms with van der Waals surface area (Å²) in [6, 6.07) is 16.8. The van der Waals surface area contributed by atoms with E-state index in [1.165, 1.54) is 4.68 Å². The van der Waals surface area contributed by atoms with Gasteiger partial charge in [-0.15, -0.1) is 0 Å². The summed E-state index contributed by atoms with van der Waals surface area (Å²) < 4.78 is 27.1. The first-order valence-corrected chi connectivity index (χ1v) is 11.4. The highest BCUT2D eigenvalue weighted by Gasteiger charge is 2.29. The Morgan fingerprint density at radius 2 is 1.79 bits per heavy atom. The molecule has 0 bridgehead atoms. The Morgan fingerprint density at radius 1 is 1.10 bits per heavy atom. The molecule has 0 saturated heterocycles. The van der Waals surface area contributed by atoms with Crippen molar-refractivity contribution in [3.63, 3.8) is 0 Å². The van der Waals surface area contributed by atoms with Gasteiger partial charge in [-0.25, -0.2) is 13.1 Å². The van der Waals surface area contributed by atoms with E-state index < -0.39 is 21.5 Å². The molecule has 0 spiro atoms. The van der Waals surface area contributed by atoms with Gasteiger partial charge in [-0.05, 0) is 37.1 Å². The predicted molar refractivity (Wildman–Crippen MR) is 113 cm³/mol. The average molecular weight is 430 g/mol. The number of halogens is 1. The summed E-state index contributed by atoms with van der Waals surface area (Å²) in [5.74, 6) is -1.31. The maximum atomic E-state index is 12.8. The summed E-state index contributed by atoms with van der Waals surface area (Å²) in [5.41, 5.74) is 3.54. The number of hydrogen-bond acceptors (Lipinski definition) is 4. The van der Waals surface area contributed by atoms with Gasteiger partial charge in [0.05, 0.1) is 17.1 Å². The van der Waals surface area contributed by atoms with Crippen molar-refractivity contribution in [2.75, 3.05) is 17.2 Å². The number of rotatable bonds is 5. The molecule has 6 nitrogen and oxygen atoms in total. The van der Waals surface area contributed by atoms with Crippen LogP contribution in [0.25, 0.3) is 5.69 Å². The molecule has 0 unspecified atom stereocenters. The highest BCUT2D eigenvalue weighted by molar-refractivity contribution is 7.91. The molecule has 1 aromatic heterocycles. The molecule has 1 aliphatic rings. The second kappa shape index (κ2) is 7.65. The van der Waals surface area contributed by atoms with E-state index in [4.69, 9.17) is 11.6 Å². The number of benzene rings is 2. The fourth-order valence-electron chi connectivity index (χ4n) is 3.57. The van der Waals surface area contributed by atoms with Gasteiger partial charge in [-0.2, -0.15) is 5.10 Å². The maximum absolute atomic E-state index is 12.8. The van der Waals surface area contributed by atoms with Crippen LogP contribution in [0.15, 0.2) is 54.6 Å². The first kappa shape index (κ1) is 19.7. The first-order valence-electron chi connectivity index (χ1n) is 9.24. The largest absolute Gasteiger partial charge is 0.311 e. The standard InChI is InChI=1S/C21H20ClN3O3S/c1-15-18(21(22)25(23-15)17-8-3-2-4-9-17)13-29(27,28)14-20(26)24-12-11-16-7-5-6-10-19(16)24/h2-10H,11-14H2,1H3. The van der Waals surface area contributed by atoms with Crippen LogP contribution >= 0.6 is 11.6 Å². The third-order valence-electron chi connectivity index (χ3n) is 5.02. The number of aromatic nitrogens is 2.